The van der Waals surface area contributed by atoms with Crippen molar-refractivity contribution in [3.8, 4) is 0 Å². The van der Waals surface area contributed by atoms with Crippen molar-refractivity contribution in [2.45, 2.75) is 58.4 Å². The summed E-state index contributed by atoms with van der Waals surface area (Å²) in [4.78, 5) is 25.2. The van der Waals surface area contributed by atoms with Crippen LogP contribution in [0, 0.1) is 0 Å². The van der Waals surface area contributed by atoms with Crippen LogP contribution in [0.4, 0.5) is 4.79 Å². The van der Waals surface area contributed by atoms with Crippen molar-refractivity contribution in [2.24, 2.45) is 0 Å². The molecule has 1 fully saturated rings. The molecular weight excluding hydrogens is 246 g/mol. The molecule has 0 aromatic heterocycles. The minimum atomic E-state index is -0.453. The number of amides is 1. The highest BCUT2D eigenvalue weighted by Gasteiger charge is 2.36. The molecule has 0 bridgehead atoms. The van der Waals surface area contributed by atoms with E-state index in [0.717, 1.165) is 32.1 Å². The van der Waals surface area contributed by atoms with E-state index in [9.17, 15) is 9.59 Å². The average Bonchev–Trinajstić information content (AvgIpc) is 2.90. The van der Waals surface area contributed by atoms with Crippen molar-refractivity contribution in [1.82, 2.24) is 4.90 Å². The first kappa shape index (κ1) is 15.8. The van der Waals surface area contributed by atoms with Gasteiger partial charge in [0, 0.05) is 6.54 Å². The Kier molecular flexibility index (Phi) is 7.30. The number of esters is 1. The second kappa shape index (κ2) is 8.77. The van der Waals surface area contributed by atoms with Gasteiger partial charge in [-0.2, -0.15) is 0 Å². The van der Waals surface area contributed by atoms with Crippen molar-refractivity contribution in [1.29, 1.82) is 0 Å². The number of likely N-dealkylation sites (tertiary alicyclic amines) is 1. The van der Waals surface area contributed by atoms with E-state index in [-0.39, 0.29) is 5.97 Å². The molecule has 1 amide bonds. The summed E-state index contributed by atoms with van der Waals surface area (Å²) < 4.78 is 10.3. The summed E-state index contributed by atoms with van der Waals surface area (Å²) in [5.41, 5.74) is 0. The molecule has 0 radical (unpaired) electrons. The van der Waals surface area contributed by atoms with Gasteiger partial charge in [0.2, 0.25) is 0 Å². The summed E-state index contributed by atoms with van der Waals surface area (Å²) in [5, 5.41) is 0. The monoisotopic (exact) mass is 271 g/mol. The molecule has 0 unspecified atom stereocenters. The number of nitrogens with zero attached hydrogens (tertiary/aromatic N) is 1. The van der Waals surface area contributed by atoms with E-state index >= 15 is 0 Å². The summed E-state index contributed by atoms with van der Waals surface area (Å²) >= 11 is 0. The van der Waals surface area contributed by atoms with Crippen LogP contribution in [0.2, 0.25) is 0 Å². The van der Waals surface area contributed by atoms with Gasteiger partial charge in [-0.3, -0.25) is 4.90 Å². The van der Waals surface area contributed by atoms with Crippen LogP contribution in [0.3, 0.4) is 0 Å². The molecule has 1 aliphatic heterocycles. The number of hydrogen-bond acceptors (Lipinski definition) is 4. The second-order valence-electron chi connectivity index (χ2n) is 4.84. The third-order valence-electron chi connectivity index (χ3n) is 3.18. The van der Waals surface area contributed by atoms with E-state index in [1.54, 1.807) is 0 Å². The molecule has 110 valence electrons. The summed E-state index contributed by atoms with van der Waals surface area (Å²) in [6.07, 6.45) is 4.93. The quantitative estimate of drug-likeness (QED) is 0.527. The minimum Gasteiger partial charge on any atom is -0.464 e. The molecule has 0 spiro atoms. The maximum atomic E-state index is 11.9. The number of hydrogen-bond donors (Lipinski definition) is 0. The van der Waals surface area contributed by atoms with E-state index < -0.39 is 12.1 Å². The normalized spacial score (nSPS) is 18.4. The first-order valence-electron chi connectivity index (χ1n) is 7.30. The second-order valence-corrected chi connectivity index (χ2v) is 4.84. The first-order chi connectivity index (χ1) is 9.20. The van der Waals surface area contributed by atoms with Gasteiger partial charge in [0.1, 0.15) is 6.04 Å². The molecule has 0 aromatic carbocycles. The predicted molar refractivity (Wildman–Crippen MR) is 71.9 cm³/mol. The lowest BCUT2D eigenvalue weighted by atomic mass is 10.2. The average molecular weight is 271 g/mol. The molecule has 0 aromatic rings. The van der Waals surface area contributed by atoms with Gasteiger partial charge in [0.05, 0.1) is 13.2 Å². The predicted octanol–water partition coefficient (Wildman–Crippen LogP) is 2.73. The van der Waals surface area contributed by atoms with Crippen LogP contribution in [0.25, 0.3) is 0 Å². The van der Waals surface area contributed by atoms with Crippen molar-refractivity contribution in [2.75, 3.05) is 19.8 Å². The van der Waals surface area contributed by atoms with Gasteiger partial charge in [-0.25, -0.2) is 9.59 Å². The Bertz CT molecular complexity index is 293. The van der Waals surface area contributed by atoms with Gasteiger partial charge >= 0.3 is 12.1 Å². The first-order valence-corrected chi connectivity index (χ1v) is 7.30. The Morgan fingerprint density at radius 2 is 1.89 bits per heavy atom. The lowest BCUT2D eigenvalue weighted by Gasteiger charge is -2.22. The molecule has 5 nitrogen and oxygen atoms in total. The highest BCUT2D eigenvalue weighted by atomic mass is 16.6. The maximum Gasteiger partial charge on any atom is 0.410 e. The highest BCUT2D eigenvalue weighted by Crippen LogP contribution is 2.19. The van der Waals surface area contributed by atoms with E-state index in [0.29, 0.717) is 26.2 Å². The Labute approximate surface area is 115 Å². The Morgan fingerprint density at radius 1 is 1.11 bits per heavy atom. The molecule has 1 heterocycles. The molecule has 1 aliphatic rings. The van der Waals surface area contributed by atoms with Gasteiger partial charge in [-0.1, -0.05) is 26.7 Å². The molecular formula is C14H25NO4. The minimum absolute atomic E-state index is 0.290. The highest BCUT2D eigenvalue weighted by molar-refractivity contribution is 5.82. The van der Waals surface area contributed by atoms with Crippen molar-refractivity contribution in [3.63, 3.8) is 0 Å². The van der Waals surface area contributed by atoms with Gasteiger partial charge in [-0.05, 0) is 25.7 Å². The molecule has 1 atom stereocenters. The third-order valence-corrected chi connectivity index (χ3v) is 3.18. The van der Waals surface area contributed by atoms with Gasteiger partial charge in [-0.15, -0.1) is 0 Å². The zero-order valence-electron chi connectivity index (χ0n) is 12.0. The van der Waals surface area contributed by atoms with Crippen LogP contribution < -0.4 is 0 Å². The van der Waals surface area contributed by atoms with Crippen molar-refractivity contribution < 1.29 is 19.1 Å². The topological polar surface area (TPSA) is 55.8 Å². The van der Waals surface area contributed by atoms with E-state index in [4.69, 9.17) is 9.47 Å². The fourth-order valence-electron chi connectivity index (χ4n) is 2.12. The van der Waals surface area contributed by atoms with Crippen LogP contribution in [0.15, 0.2) is 0 Å². The number of unbranched alkanes of at least 4 members (excludes halogenated alkanes) is 2. The lowest BCUT2D eigenvalue weighted by Crippen LogP contribution is -2.41. The summed E-state index contributed by atoms with van der Waals surface area (Å²) in [6.45, 7) is 5.47. The smallest absolute Gasteiger partial charge is 0.410 e. The molecule has 5 heteroatoms. The van der Waals surface area contributed by atoms with Crippen LogP contribution in [-0.2, 0) is 14.3 Å². The number of carbonyl (C=O) groups excluding carboxylic acids is 2. The number of carbonyl (C=O) groups is 2. The van der Waals surface area contributed by atoms with Gasteiger partial charge in [0.15, 0.2) is 0 Å². The van der Waals surface area contributed by atoms with E-state index in [1.807, 2.05) is 6.92 Å². The Morgan fingerprint density at radius 3 is 2.58 bits per heavy atom. The van der Waals surface area contributed by atoms with Crippen molar-refractivity contribution in [3.05, 3.63) is 0 Å². The molecule has 0 N–H and O–H groups in total. The van der Waals surface area contributed by atoms with Crippen LogP contribution in [0.1, 0.15) is 52.4 Å². The SMILES string of the molecule is CCCCCOC(=O)[C@@H]1CCCN1C(=O)OCCC. The van der Waals surface area contributed by atoms with E-state index in [2.05, 4.69) is 6.92 Å². The van der Waals surface area contributed by atoms with Gasteiger partial charge in [0.25, 0.3) is 0 Å². The zero-order valence-corrected chi connectivity index (χ0v) is 12.0. The fraction of sp³-hybridized carbons (Fsp3) is 0.857. The molecule has 1 rings (SSSR count). The summed E-state index contributed by atoms with van der Waals surface area (Å²) in [5.74, 6) is -0.290. The molecule has 0 saturated carbocycles. The van der Waals surface area contributed by atoms with Crippen LogP contribution >= 0.6 is 0 Å². The van der Waals surface area contributed by atoms with E-state index in [1.165, 1.54) is 4.90 Å². The van der Waals surface area contributed by atoms with Crippen LogP contribution in [-0.4, -0.2) is 42.8 Å². The fourth-order valence-corrected chi connectivity index (χ4v) is 2.12. The third kappa shape index (κ3) is 5.09. The molecule has 1 saturated heterocycles. The number of ether oxygens (including phenoxy) is 2. The Hall–Kier alpha value is -1.26. The molecule has 19 heavy (non-hydrogen) atoms. The molecule has 0 aliphatic carbocycles. The van der Waals surface area contributed by atoms with Crippen LogP contribution in [0.5, 0.6) is 0 Å². The lowest BCUT2D eigenvalue weighted by molar-refractivity contribution is -0.148. The summed E-state index contributed by atoms with van der Waals surface area (Å²) in [7, 11) is 0. The number of rotatable bonds is 7. The standard InChI is InChI=1S/C14H25NO4/c1-3-5-6-11-18-13(16)12-8-7-9-15(12)14(17)19-10-4-2/h12H,3-11H2,1-2H3/t12-/m0/s1. The van der Waals surface area contributed by atoms with Gasteiger partial charge < -0.3 is 9.47 Å². The zero-order chi connectivity index (χ0) is 14.1. The van der Waals surface area contributed by atoms with Crippen molar-refractivity contribution >= 4 is 12.1 Å². The summed E-state index contributed by atoms with van der Waals surface area (Å²) in [6, 6.07) is -0.453. The maximum absolute atomic E-state index is 11.9. The largest absolute Gasteiger partial charge is 0.464 e. The Balaban J connectivity index is 2.37.